The molecule has 0 unspecified atom stereocenters. The number of fused-ring (bicyclic) bond motifs is 2. The average Bonchev–Trinajstić information content (AvgIpc) is 3.06. The Kier molecular flexibility index (Phi) is 4.93. The van der Waals surface area contributed by atoms with Gasteiger partial charge in [0.2, 0.25) is 5.75 Å². The van der Waals surface area contributed by atoms with Crippen LogP contribution in [0.15, 0.2) is 42.6 Å². The minimum Gasteiger partial charge on any atom is -0.488 e. The highest BCUT2D eigenvalue weighted by molar-refractivity contribution is 5.83. The van der Waals surface area contributed by atoms with E-state index >= 15 is 0 Å². The molecule has 1 aliphatic heterocycles. The molecule has 4 rings (SSSR count). The lowest BCUT2D eigenvalue weighted by molar-refractivity contribution is 0.162. The largest absolute Gasteiger partial charge is 0.488 e. The summed E-state index contributed by atoms with van der Waals surface area (Å²) in [5.41, 5.74) is 2.07. The van der Waals surface area contributed by atoms with E-state index in [9.17, 15) is 4.39 Å². The average molecular weight is 356 g/mol. The third-order valence-electron chi connectivity index (χ3n) is 4.37. The Morgan fingerprint density at radius 3 is 3.00 bits per heavy atom. The highest BCUT2D eigenvalue weighted by atomic mass is 19.1. The second kappa shape index (κ2) is 7.66. The van der Waals surface area contributed by atoms with Crippen molar-refractivity contribution in [2.24, 2.45) is 0 Å². The molecule has 0 saturated carbocycles. The minimum atomic E-state index is -0.211. The highest BCUT2D eigenvalue weighted by Gasteiger charge is 2.16. The van der Waals surface area contributed by atoms with E-state index in [1.807, 2.05) is 24.4 Å². The highest BCUT2D eigenvalue weighted by Crippen LogP contribution is 2.38. The van der Waals surface area contributed by atoms with Gasteiger partial charge in [0.15, 0.2) is 11.5 Å². The molecule has 2 aromatic carbocycles. The molecule has 0 saturated heterocycles. The SMILES string of the molecule is Fc1ccc2[nH]cc(CCNCCOc3cccc4c3OCCO4)c2c1. The third-order valence-corrected chi connectivity index (χ3v) is 4.37. The zero-order valence-electron chi connectivity index (χ0n) is 14.4. The van der Waals surface area contributed by atoms with E-state index in [0.29, 0.717) is 37.9 Å². The van der Waals surface area contributed by atoms with Gasteiger partial charge in [-0.1, -0.05) is 6.07 Å². The molecule has 136 valence electrons. The number of aromatic amines is 1. The first-order chi connectivity index (χ1) is 12.8. The Hall–Kier alpha value is -2.73. The van der Waals surface area contributed by atoms with E-state index in [4.69, 9.17) is 14.2 Å². The number of H-pyrrole nitrogens is 1. The third kappa shape index (κ3) is 3.60. The van der Waals surface area contributed by atoms with Gasteiger partial charge in [-0.05, 0) is 48.9 Å². The summed E-state index contributed by atoms with van der Waals surface area (Å²) in [5, 5.41) is 4.29. The molecule has 0 atom stereocenters. The van der Waals surface area contributed by atoms with Crippen molar-refractivity contribution in [3.8, 4) is 17.2 Å². The van der Waals surface area contributed by atoms with E-state index in [-0.39, 0.29) is 5.82 Å². The molecular weight excluding hydrogens is 335 g/mol. The van der Waals surface area contributed by atoms with E-state index in [2.05, 4.69) is 10.3 Å². The molecule has 2 heterocycles. The number of aromatic nitrogens is 1. The fraction of sp³-hybridized carbons (Fsp3) is 0.300. The number of nitrogens with one attached hydrogen (secondary N) is 2. The molecule has 0 aliphatic carbocycles. The van der Waals surface area contributed by atoms with Crippen molar-refractivity contribution in [1.82, 2.24) is 10.3 Å². The van der Waals surface area contributed by atoms with Crippen LogP contribution in [0.25, 0.3) is 10.9 Å². The molecule has 5 nitrogen and oxygen atoms in total. The van der Waals surface area contributed by atoms with Gasteiger partial charge in [-0.25, -0.2) is 4.39 Å². The second-order valence-corrected chi connectivity index (χ2v) is 6.13. The summed E-state index contributed by atoms with van der Waals surface area (Å²) in [5.74, 6) is 1.90. The lowest BCUT2D eigenvalue weighted by atomic mass is 10.1. The van der Waals surface area contributed by atoms with Crippen LogP contribution in [0.3, 0.4) is 0 Å². The maximum absolute atomic E-state index is 13.4. The van der Waals surface area contributed by atoms with E-state index in [1.165, 1.54) is 6.07 Å². The van der Waals surface area contributed by atoms with Gasteiger partial charge >= 0.3 is 0 Å². The lowest BCUT2D eigenvalue weighted by Crippen LogP contribution is -2.23. The smallest absolute Gasteiger partial charge is 0.203 e. The first-order valence-electron chi connectivity index (χ1n) is 8.79. The Morgan fingerprint density at radius 2 is 2.04 bits per heavy atom. The van der Waals surface area contributed by atoms with Gasteiger partial charge in [-0.2, -0.15) is 0 Å². The first-order valence-corrected chi connectivity index (χ1v) is 8.79. The van der Waals surface area contributed by atoms with Gasteiger partial charge in [-0.3, -0.25) is 0 Å². The van der Waals surface area contributed by atoms with Gasteiger partial charge in [0.25, 0.3) is 0 Å². The van der Waals surface area contributed by atoms with E-state index in [0.717, 1.165) is 35.2 Å². The summed E-state index contributed by atoms with van der Waals surface area (Å²) in [6.45, 7) is 3.13. The first kappa shape index (κ1) is 16.7. The second-order valence-electron chi connectivity index (χ2n) is 6.13. The fourth-order valence-corrected chi connectivity index (χ4v) is 3.10. The number of para-hydroxylation sites is 1. The van der Waals surface area contributed by atoms with Crippen LogP contribution >= 0.6 is 0 Å². The van der Waals surface area contributed by atoms with Crippen molar-refractivity contribution >= 4 is 10.9 Å². The van der Waals surface area contributed by atoms with Gasteiger partial charge in [-0.15, -0.1) is 0 Å². The Bertz CT molecular complexity index is 894. The monoisotopic (exact) mass is 356 g/mol. The van der Waals surface area contributed by atoms with Crippen LogP contribution in [0.2, 0.25) is 0 Å². The van der Waals surface area contributed by atoms with Crippen molar-refractivity contribution < 1.29 is 18.6 Å². The number of halogens is 1. The van der Waals surface area contributed by atoms with Crippen molar-refractivity contribution in [3.05, 3.63) is 54.0 Å². The van der Waals surface area contributed by atoms with E-state index < -0.39 is 0 Å². The van der Waals surface area contributed by atoms with Crippen LogP contribution in [0, 0.1) is 5.82 Å². The van der Waals surface area contributed by atoms with Crippen molar-refractivity contribution in [2.45, 2.75) is 6.42 Å². The molecule has 0 amide bonds. The number of rotatable bonds is 7. The van der Waals surface area contributed by atoms with Crippen LogP contribution in [-0.4, -0.2) is 37.9 Å². The number of hydrogen-bond donors (Lipinski definition) is 2. The molecule has 1 aliphatic rings. The summed E-state index contributed by atoms with van der Waals surface area (Å²) in [7, 11) is 0. The molecule has 0 fully saturated rings. The zero-order chi connectivity index (χ0) is 17.8. The standard InChI is InChI=1S/C20H21FN2O3/c21-15-4-5-17-16(12-15)14(13-23-17)6-7-22-8-9-24-18-2-1-3-19-20(18)26-11-10-25-19/h1-5,12-13,22-23H,6-11H2. The predicted octanol–water partition coefficient (Wildman–Crippen LogP) is 3.29. The Balaban J connectivity index is 1.24. The summed E-state index contributed by atoms with van der Waals surface area (Å²) in [4.78, 5) is 3.17. The van der Waals surface area contributed by atoms with Crippen molar-refractivity contribution in [3.63, 3.8) is 0 Å². The number of ether oxygens (including phenoxy) is 3. The summed E-state index contributed by atoms with van der Waals surface area (Å²) >= 11 is 0. The van der Waals surface area contributed by atoms with Crippen LogP contribution in [0.5, 0.6) is 17.2 Å². The molecule has 26 heavy (non-hydrogen) atoms. The van der Waals surface area contributed by atoms with Crippen LogP contribution < -0.4 is 19.5 Å². The van der Waals surface area contributed by atoms with Crippen LogP contribution in [0.4, 0.5) is 4.39 Å². The molecule has 3 aromatic rings. The minimum absolute atomic E-state index is 0.211. The quantitative estimate of drug-likeness (QED) is 0.638. The maximum Gasteiger partial charge on any atom is 0.203 e. The molecule has 1 aromatic heterocycles. The zero-order valence-corrected chi connectivity index (χ0v) is 14.4. The number of benzene rings is 2. The molecule has 6 heteroatoms. The molecule has 0 spiro atoms. The Labute approximate surface area is 151 Å². The van der Waals surface area contributed by atoms with Gasteiger partial charge in [0.05, 0.1) is 0 Å². The molecular formula is C20H21FN2O3. The molecule has 0 bridgehead atoms. The predicted molar refractivity (Wildman–Crippen MR) is 97.8 cm³/mol. The van der Waals surface area contributed by atoms with Crippen molar-refractivity contribution in [1.29, 1.82) is 0 Å². The van der Waals surface area contributed by atoms with Crippen LogP contribution in [0.1, 0.15) is 5.56 Å². The lowest BCUT2D eigenvalue weighted by Gasteiger charge is -2.20. The fourth-order valence-electron chi connectivity index (χ4n) is 3.10. The van der Waals surface area contributed by atoms with Gasteiger partial charge in [0.1, 0.15) is 25.6 Å². The van der Waals surface area contributed by atoms with Crippen molar-refractivity contribution in [2.75, 3.05) is 32.9 Å². The summed E-state index contributed by atoms with van der Waals surface area (Å²) in [6, 6.07) is 10.5. The molecule has 2 N–H and O–H groups in total. The van der Waals surface area contributed by atoms with Gasteiger partial charge in [0, 0.05) is 23.6 Å². The summed E-state index contributed by atoms with van der Waals surface area (Å²) in [6.07, 6.45) is 2.76. The molecule has 0 radical (unpaired) electrons. The Morgan fingerprint density at radius 1 is 1.12 bits per heavy atom. The number of hydrogen-bond acceptors (Lipinski definition) is 4. The van der Waals surface area contributed by atoms with Gasteiger partial charge < -0.3 is 24.5 Å². The summed E-state index contributed by atoms with van der Waals surface area (Å²) < 4.78 is 30.4. The van der Waals surface area contributed by atoms with E-state index in [1.54, 1.807) is 12.1 Å². The normalized spacial score (nSPS) is 13.1. The van der Waals surface area contributed by atoms with Crippen LogP contribution in [-0.2, 0) is 6.42 Å². The maximum atomic E-state index is 13.4. The topological polar surface area (TPSA) is 55.5 Å².